The highest BCUT2D eigenvalue weighted by Gasteiger charge is 2.15. The molecule has 0 atom stereocenters. The van der Waals surface area contributed by atoms with Crippen molar-refractivity contribution in [3.8, 4) is 5.75 Å². The molecule has 88 valence electrons. The van der Waals surface area contributed by atoms with Gasteiger partial charge in [-0.05, 0) is 12.1 Å². The number of ether oxygens (including phenoxy) is 1. The van der Waals surface area contributed by atoms with Gasteiger partial charge < -0.3 is 9.84 Å². The summed E-state index contributed by atoms with van der Waals surface area (Å²) in [5.41, 5.74) is 0.732. The summed E-state index contributed by atoms with van der Waals surface area (Å²) in [6, 6.07) is 7.14. The van der Waals surface area contributed by atoms with Crippen LogP contribution >= 0.6 is 0 Å². The second-order valence-electron chi connectivity index (χ2n) is 3.76. The quantitative estimate of drug-likeness (QED) is 0.426. The normalized spacial score (nSPS) is 21.1. The molecule has 0 aromatic heterocycles. The zero-order valence-electron chi connectivity index (χ0n) is 9.55. The lowest BCUT2D eigenvalue weighted by molar-refractivity contribution is -0.599. The van der Waals surface area contributed by atoms with Gasteiger partial charge in [-0.1, -0.05) is 19.1 Å². The van der Waals surface area contributed by atoms with E-state index in [1.807, 2.05) is 19.1 Å². The summed E-state index contributed by atoms with van der Waals surface area (Å²) in [6.45, 7) is 2.56. The number of para-hydroxylation sites is 1. The maximum atomic E-state index is 11.7. The van der Waals surface area contributed by atoms with Crippen LogP contribution in [-0.4, -0.2) is 23.3 Å². The number of benzene rings is 1. The van der Waals surface area contributed by atoms with Gasteiger partial charge >= 0.3 is 5.97 Å². The van der Waals surface area contributed by atoms with Crippen molar-refractivity contribution in [3.05, 3.63) is 41.8 Å². The van der Waals surface area contributed by atoms with Crippen molar-refractivity contribution in [2.45, 2.75) is 13.3 Å². The zero-order chi connectivity index (χ0) is 12.3. The summed E-state index contributed by atoms with van der Waals surface area (Å²) in [5.74, 6) is -0.495. The van der Waals surface area contributed by atoms with Gasteiger partial charge in [0.2, 0.25) is 0 Å². The Morgan fingerprint density at radius 3 is 2.88 bits per heavy atom. The minimum Gasteiger partial charge on any atom is -0.823 e. The van der Waals surface area contributed by atoms with E-state index < -0.39 is 5.97 Å². The highest BCUT2D eigenvalue weighted by Crippen LogP contribution is 2.17. The van der Waals surface area contributed by atoms with Crippen molar-refractivity contribution in [1.29, 1.82) is 0 Å². The second-order valence-corrected chi connectivity index (χ2v) is 3.76. The van der Waals surface area contributed by atoms with E-state index in [-0.39, 0.29) is 5.88 Å². The molecule has 0 spiro atoms. The summed E-state index contributed by atoms with van der Waals surface area (Å²) in [4.78, 5) is 11.4. The molecule has 4 heteroatoms. The molecular weight excluding hydrogens is 218 g/mol. The number of hydrogen-bond donors (Lipinski definition) is 0. The summed E-state index contributed by atoms with van der Waals surface area (Å²) in [6.07, 6.45) is 3.51. The molecule has 0 amide bonds. The standard InChI is InChI=1S/C13H13NO3/c1-2-7-14-9-10-5-3-4-6-11(10)17-13(16)8-12(14)15/h3-6,8-9H,2,7H2,1H3/b14-9-. The molecule has 0 radical (unpaired) electrons. The SMILES string of the molecule is CCC[N+]1=C/c2ccccc2OC(=O)/C=C\1[O-]. The predicted molar refractivity (Wildman–Crippen MR) is 60.7 cm³/mol. The summed E-state index contributed by atoms with van der Waals surface area (Å²) >= 11 is 0. The first-order valence-electron chi connectivity index (χ1n) is 5.52. The number of fused-ring (bicyclic) bond motifs is 1. The van der Waals surface area contributed by atoms with Gasteiger partial charge in [0, 0.05) is 6.42 Å². The smallest absolute Gasteiger partial charge is 0.341 e. The fourth-order valence-corrected chi connectivity index (χ4v) is 1.65. The highest BCUT2D eigenvalue weighted by molar-refractivity contribution is 5.88. The van der Waals surface area contributed by atoms with Crippen LogP contribution < -0.4 is 9.84 Å². The van der Waals surface area contributed by atoms with Crippen molar-refractivity contribution < 1.29 is 19.2 Å². The molecule has 0 unspecified atom stereocenters. The highest BCUT2D eigenvalue weighted by atomic mass is 16.5. The molecule has 4 nitrogen and oxygen atoms in total. The van der Waals surface area contributed by atoms with Crippen molar-refractivity contribution in [3.63, 3.8) is 0 Å². The maximum absolute atomic E-state index is 11.7. The van der Waals surface area contributed by atoms with E-state index in [9.17, 15) is 9.90 Å². The monoisotopic (exact) mass is 231 g/mol. The Hall–Kier alpha value is -2.10. The van der Waals surface area contributed by atoms with Gasteiger partial charge in [0.15, 0.2) is 12.1 Å². The van der Waals surface area contributed by atoms with E-state index in [0.717, 1.165) is 18.1 Å². The van der Waals surface area contributed by atoms with Gasteiger partial charge in [-0.15, -0.1) is 0 Å². The Kier molecular flexibility index (Phi) is 3.23. The van der Waals surface area contributed by atoms with Crippen LogP contribution in [0.5, 0.6) is 5.75 Å². The Bertz CT molecular complexity index is 503. The Balaban J connectivity index is 2.51. The van der Waals surface area contributed by atoms with Gasteiger partial charge in [0.1, 0.15) is 12.3 Å². The maximum Gasteiger partial charge on any atom is 0.341 e. The average molecular weight is 231 g/mol. The second kappa shape index (κ2) is 4.82. The first kappa shape index (κ1) is 11.4. The molecule has 0 bridgehead atoms. The first-order valence-corrected chi connectivity index (χ1v) is 5.52. The molecule has 1 aliphatic heterocycles. The molecule has 0 saturated carbocycles. The van der Waals surface area contributed by atoms with E-state index in [0.29, 0.717) is 12.3 Å². The summed E-state index contributed by atoms with van der Waals surface area (Å²) in [7, 11) is 0. The van der Waals surface area contributed by atoms with Crippen LogP contribution in [0.1, 0.15) is 18.9 Å². The van der Waals surface area contributed by atoms with Crippen LogP contribution in [0.15, 0.2) is 36.2 Å². The molecular formula is C13H13NO3. The molecule has 0 N–H and O–H groups in total. The number of rotatable bonds is 2. The Labute approximate surface area is 99.5 Å². The van der Waals surface area contributed by atoms with Gasteiger partial charge in [-0.2, -0.15) is 0 Å². The van der Waals surface area contributed by atoms with E-state index in [2.05, 4.69) is 0 Å². The average Bonchev–Trinajstić information content (AvgIpc) is 2.29. The number of carbonyl (C=O) groups is 1. The Morgan fingerprint density at radius 2 is 2.12 bits per heavy atom. The predicted octanol–water partition coefficient (Wildman–Crippen LogP) is 0.649. The van der Waals surface area contributed by atoms with E-state index in [4.69, 9.17) is 4.74 Å². The van der Waals surface area contributed by atoms with Gasteiger partial charge in [0.05, 0.1) is 11.6 Å². The van der Waals surface area contributed by atoms with Crippen molar-refractivity contribution in [2.75, 3.05) is 6.54 Å². The molecule has 1 heterocycles. The van der Waals surface area contributed by atoms with Gasteiger partial charge in [-0.25, -0.2) is 9.37 Å². The van der Waals surface area contributed by atoms with Crippen LogP contribution in [0.4, 0.5) is 0 Å². The lowest BCUT2D eigenvalue weighted by Crippen LogP contribution is -2.27. The minimum absolute atomic E-state index is 0.341. The third-order valence-corrected chi connectivity index (χ3v) is 2.41. The molecule has 1 aromatic carbocycles. The van der Waals surface area contributed by atoms with E-state index in [1.165, 1.54) is 4.58 Å². The fraction of sp³-hybridized carbons (Fsp3) is 0.231. The largest absolute Gasteiger partial charge is 0.823 e. The molecule has 0 fully saturated rings. The Morgan fingerprint density at radius 1 is 1.35 bits per heavy atom. The zero-order valence-corrected chi connectivity index (χ0v) is 9.55. The van der Waals surface area contributed by atoms with Crippen LogP contribution in [0, 0.1) is 0 Å². The first-order chi connectivity index (χ1) is 8.20. The van der Waals surface area contributed by atoms with Gasteiger partial charge in [0.25, 0.3) is 0 Å². The third kappa shape index (κ3) is 2.53. The van der Waals surface area contributed by atoms with Crippen molar-refractivity contribution in [1.82, 2.24) is 0 Å². The fourth-order valence-electron chi connectivity index (χ4n) is 1.65. The molecule has 0 saturated heterocycles. The summed E-state index contributed by atoms with van der Waals surface area (Å²) in [5, 5.41) is 11.7. The molecule has 1 aromatic rings. The van der Waals surface area contributed by atoms with E-state index >= 15 is 0 Å². The number of esters is 1. The number of hydrogen-bond acceptors (Lipinski definition) is 3. The lowest BCUT2D eigenvalue weighted by Gasteiger charge is -2.13. The van der Waals surface area contributed by atoms with E-state index in [1.54, 1.807) is 18.3 Å². The van der Waals surface area contributed by atoms with Crippen molar-refractivity contribution in [2.24, 2.45) is 0 Å². The summed E-state index contributed by atoms with van der Waals surface area (Å²) < 4.78 is 6.59. The molecule has 1 aliphatic rings. The third-order valence-electron chi connectivity index (χ3n) is 2.41. The molecule has 2 rings (SSSR count). The molecule has 0 aliphatic carbocycles. The van der Waals surface area contributed by atoms with Crippen molar-refractivity contribution >= 4 is 12.2 Å². The number of carbonyl (C=O) groups excluding carboxylic acids is 1. The number of nitrogens with zero attached hydrogens (tertiary/aromatic N) is 1. The molecule has 17 heavy (non-hydrogen) atoms. The minimum atomic E-state index is -0.628. The van der Waals surface area contributed by atoms with Crippen LogP contribution in [0.2, 0.25) is 0 Å². The van der Waals surface area contributed by atoms with Crippen LogP contribution in [-0.2, 0) is 4.79 Å². The van der Waals surface area contributed by atoms with Crippen LogP contribution in [0.3, 0.4) is 0 Å². The van der Waals surface area contributed by atoms with Gasteiger partial charge in [-0.3, -0.25) is 0 Å². The lowest BCUT2D eigenvalue weighted by atomic mass is 10.2. The topological polar surface area (TPSA) is 52.4 Å². The van der Waals surface area contributed by atoms with Crippen LogP contribution in [0.25, 0.3) is 0 Å².